The van der Waals surface area contributed by atoms with Gasteiger partial charge < -0.3 is 18.6 Å². The minimum Gasteiger partial charge on any atom is -0.459 e. The Kier molecular flexibility index (Phi) is 6.72. The highest BCUT2D eigenvalue weighted by Crippen LogP contribution is 2.37. The molecule has 3 heterocycles. The topological polar surface area (TPSA) is 79.8 Å². The lowest BCUT2D eigenvalue weighted by molar-refractivity contribution is -0.131. The van der Waals surface area contributed by atoms with Crippen molar-refractivity contribution in [2.75, 3.05) is 26.2 Å². The molecule has 1 saturated heterocycles. The molecule has 1 aliphatic rings. The summed E-state index contributed by atoms with van der Waals surface area (Å²) in [7, 11) is 0. The summed E-state index contributed by atoms with van der Waals surface area (Å²) in [6.45, 7) is 3.76. The van der Waals surface area contributed by atoms with Gasteiger partial charge in [-0.15, -0.1) is 0 Å². The van der Waals surface area contributed by atoms with Crippen molar-refractivity contribution < 1.29 is 18.4 Å². The first-order valence-corrected chi connectivity index (χ1v) is 12.4. The van der Waals surface area contributed by atoms with Gasteiger partial charge in [0.05, 0.1) is 11.5 Å². The molecule has 2 aromatic heterocycles. The van der Waals surface area contributed by atoms with Crippen LogP contribution < -0.4 is 0 Å². The van der Waals surface area contributed by atoms with Crippen molar-refractivity contribution in [2.45, 2.75) is 17.4 Å². The minimum atomic E-state index is -0.381. The monoisotopic (exact) mass is 487 g/mol. The van der Waals surface area contributed by atoms with Gasteiger partial charge in [0, 0.05) is 37.3 Å². The maximum Gasteiger partial charge on any atom is 0.289 e. The van der Waals surface area contributed by atoms with Crippen molar-refractivity contribution >= 4 is 23.6 Å². The predicted molar refractivity (Wildman–Crippen MR) is 134 cm³/mol. The van der Waals surface area contributed by atoms with E-state index in [-0.39, 0.29) is 17.1 Å². The Morgan fingerprint density at radius 1 is 0.857 bits per heavy atom. The maximum atomic E-state index is 13.2. The molecule has 0 bridgehead atoms. The summed E-state index contributed by atoms with van der Waals surface area (Å²) in [4.78, 5) is 33.9. The molecule has 2 amide bonds. The van der Waals surface area contributed by atoms with Gasteiger partial charge in [0.25, 0.3) is 11.1 Å². The second kappa shape index (κ2) is 10.2. The van der Waals surface area contributed by atoms with E-state index in [1.807, 2.05) is 67.6 Å². The zero-order chi connectivity index (χ0) is 24.2. The van der Waals surface area contributed by atoms with Crippen molar-refractivity contribution in [3.05, 3.63) is 84.8 Å². The number of piperazine rings is 1. The van der Waals surface area contributed by atoms with E-state index in [2.05, 4.69) is 0 Å². The second-order valence-corrected chi connectivity index (χ2v) is 9.54. The van der Waals surface area contributed by atoms with E-state index in [4.69, 9.17) is 13.8 Å². The van der Waals surface area contributed by atoms with Crippen LogP contribution in [0.4, 0.5) is 0 Å². The molecule has 7 nitrogen and oxygen atoms in total. The number of amides is 2. The normalized spacial score (nSPS) is 14.7. The van der Waals surface area contributed by atoms with E-state index in [9.17, 15) is 9.59 Å². The molecule has 2 aromatic carbocycles. The van der Waals surface area contributed by atoms with Crippen LogP contribution >= 0.6 is 11.8 Å². The molecular weight excluding hydrogens is 462 g/mol. The summed E-state index contributed by atoms with van der Waals surface area (Å²) < 4.78 is 11.4. The second-order valence-electron chi connectivity index (χ2n) is 8.24. The van der Waals surface area contributed by atoms with Gasteiger partial charge in [0.15, 0.2) is 11.5 Å². The van der Waals surface area contributed by atoms with E-state index in [0.717, 1.165) is 16.8 Å². The minimum absolute atomic E-state index is 0.000759. The fraction of sp³-hybridized carbons (Fsp3) is 0.222. The number of hydrogen-bond acceptors (Lipinski definition) is 6. The molecule has 1 fully saturated rings. The molecule has 0 radical (unpaired) electrons. The van der Waals surface area contributed by atoms with Gasteiger partial charge in [-0.05, 0) is 19.1 Å². The van der Waals surface area contributed by atoms with Crippen molar-refractivity contribution in [1.82, 2.24) is 14.8 Å². The molecule has 0 saturated carbocycles. The van der Waals surface area contributed by atoms with Gasteiger partial charge in [-0.2, -0.15) is 0 Å². The number of benzene rings is 2. The molecule has 1 aliphatic heterocycles. The van der Waals surface area contributed by atoms with Crippen molar-refractivity contribution in [3.63, 3.8) is 0 Å². The molecule has 0 N–H and O–H groups in total. The van der Waals surface area contributed by atoms with Crippen LogP contribution in [0.3, 0.4) is 0 Å². The fourth-order valence-electron chi connectivity index (χ4n) is 4.07. The summed E-state index contributed by atoms with van der Waals surface area (Å²) >= 11 is 1.31. The van der Waals surface area contributed by atoms with Gasteiger partial charge in [0.1, 0.15) is 5.69 Å². The fourth-order valence-corrected chi connectivity index (χ4v) is 4.90. The van der Waals surface area contributed by atoms with Gasteiger partial charge in [0.2, 0.25) is 5.91 Å². The van der Waals surface area contributed by atoms with E-state index in [0.29, 0.717) is 42.9 Å². The third kappa shape index (κ3) is 5.02. The molecule has 1 atom stereocenters. The lowest BCUT2D eigenvalue weighted by Crippen LogP contribution is -2.52. The SMILES string of the molecule is C[C@H](Sc1nc(-c2ccccc2)c(-c2ccccc2)o1)C(=O)N1CCN(C(=O)c2ccco2)CC1. The van der Waals surface area contributed by atoms with Gasteiger partial charge in [-0.1, -0.05) is 72.4 Å². The Labute approximate surface area is 207 Å². The summed E-state index contributed by atoms with van der Waals surface area (Å²) in [6, 6.07) is 23.1. The lowest BCUT2D eigenvalue weighted by atomic mass is 10.1. The number of carbonyl (C=O) groups excluding carboxylic acids is 2. The first kappa shape index (κ1) is 23.0. The Bertz CT molecular complexity index is 1220. The Balaban J connectivity index is 1.27. The highest BCUT2D eigenvalue weighted by atomic mass is 32.2. The number of carbonyl (C=O) groups is 2. The van der Waals surface area contributed by atoms with Crippen LogP contribution in [0, 0.1) is 0 Å². The van der Waals surface area contributed by atoms with Crippen LogP contribution in [-0.2, 0) is 4.79 Å². The van der Waals surface area contributed by atoms with Gasteiger partial charge in [-0.3, -0.25) is 9.59 Å². The Hall–Kier alpha value is -3.78. The zero-order valence-corrected chi connectivity index (χ0v) is 20.1. The zero-order valence-electron chi connectivity index (χ0n) is 19.3. The third-order valence-corrected chi connectivity index (χ3v) is 6.86. The molecule has 178 valence electrons. The largest absolute Gasteiger partial charge is 0.459 e. The molecule has 0 spiro atoms. The van der Waals surface area contributed by atoms with Crippen molar-refractivity contribution in [2.24, 2.45) is 0 Å². The van der Waals surface area contributed by atoms with Gasteiger partial charge >= 0.3 is 0 Å². The van der Waals surface area contributed by atoms with Crippen LogP contribution in [-0.4, -0.2) is 58.0 Å². The van der Waals surface area contributed by atoms with Crippen LogP contribution in [0.2, 0.25) is 0 Å². The summed E-state index contributed by atoms with van der Waals surface area (Å²) in [6.07, 6.45) is 1.49. The maximum absolute atomic E-state index is 13.2. The average Bonchev–Trinajstić information content (AvgIpc) is 3.60. The number of furan rings is 1. The number of nitrogens with zero attached hydrogens (tertiary/aromatic N) is 3. The summed E-state index contributed by atoms with van der Waals surface area (Å²) in [5.74, 6) is 0.858. The standard InChI is InChI=1S/C27H25N3O4S/c1-19(25(31)29-14-16-30(17-15-29)26(32)22-13-8-18-33-22)35-27-28-23(20-9-4-2-5-10-20)24(34-27)21-11-6-3-7-12-21/h2-13,18-19H,14-17H2,1H3/t19-/m0/s1. The smallest absolute Gasteiger partial charge is 0.289 e. The van der Waals surface area contributed by atoms with E-state index >= 15 is 0 Å². The van der Waals surface area contributed by atoms with Crippen molar-refractivity contribution in [3.8, 4) is 22.6 Å². The Morgan fingerprint density at radius 2 is 1.49 bits per heavy atom. The number of oxazole rings is 1. The molecule has 0 unspecified atom stereocenters. The number of hydrogen-bond donors (Lipinski definition) is 0. The molecule has 5 rings (SSSR count). The van der Waals surface area contributed by atoms with Crippen LogP contribution in [0.5, 0.6) is 0 Å². The van der Waals surface area contributed by atoms with Gasteiger partial charge in [-0.25, -0.2) is 4.98 Å². The quantitative estimate of drug-likeness (QED) is 0.354. The van der Waals surface area contributed by atoms with Crippen LogP contribution in [0.15, 0.2) is 93.1 Å². The van der Waals surface area contributed by atoms with Crippen LogP contribution in [0.25, 0.3) is 22.6 Å². The number of rotatable bonds is 6. The predicted octanol–water partition coefficient (Wildman–Crippen LogP) is 5.07. The highest BCUT2D eigenvalue weighted by Gasteiger charge is 2.30. The summed E-state index contributed by atoms with van der Waals surface area (Å²) in [5, 5.41) is 0.0726. The van der Waals surface area contributed by atoms with Crippen LogP contribution in [0.1, 0.15) is 17.5 Å². The Morgan fingerprint density at radius 3 is 2.11 bits per heavy atom. The third-order valence-electron chi connectivity index (χ3n) is 5.93. The molecule has 4 aromatic rings. The molecular formula is C27H25N3O4S. The lowest BCUT2D eigenvalue weighted by Gasteiger charge is -2.35. The summed E-state index contributed by atoms with van der Waals surface area (Å²) in [5.41, 5.74) is 2.64. The van der Waals surface area contributed by atoms with E-state index < -0.39 is 0 Å². The van der Waals surface area contributed by atoms with E-state index in [1.54, 1.807) is 21.9 Å². The number of thioether (sulfide) groups is 1. The molecule has 0 aliphatic carbocycles. The first-order valence-electron chi connectivity index (χ1n) is 11.5. The molecule has 8 heteroatoms. The average molecular weight is 488 g/mol. The molecule has 35 heavy (non-hydrogen) atoms. The highest BCUT2D eigenvalue weighted by molar-refractivity contribution is 8.00. The van der Waals surface area contributed by atoms with Crippen molar-refractivity contribution in [1.29, 1.82) is 0 Å². The van der Waals surface area contributed by atoms with E-state index in [1.165, 1.54) is 18.0 Å². The number of aromatic nitrogens is 1. The first-order chi connectivity index (χ1) is 17.1.